The Balaban J connectivity index is 1.44. The zero-order chi connectivity index (χ0) is 23.2. The Morgan fingerprint density at radius 1 is 1.21 bits per heavy atom. The van der Waals surface area contributed by atoms with Crippen LogP contribution in [0.1, 0.15) is 36.6 Å². The van der Waals surface area contributed by atoms with Crippen molar-refractivity contribution in [1.29, 1.82) is 0 Å². The molecule has 2 aliphatic heterocycles. The summed E-state index contributed by atoms with van der Waals surface area (Å²) in [5.74, 6) is -3.17. The van der Waals surface area contributed by atoms with Crippen LogP contribution in [0.3, 0.4) is 0 Å². The van der Waals surface area contributed by atoms with Crippen LogP contribution in [0.15, 0.2) is 34.3 Å². The van der Waals surface area contributed by atoms with Gasteiger partial charge in [-0.1, -0.05) is 31.3 Å². The molecule has 0 unspecified atom stereocenters. The van der Waals surface area contributed by atoms with Crippen molar-refractivity contribution in [3.05, 3.63) is 44.6 Å². The Bertz CT molecular complexity index is 1220. The summed E-state index contributed by atoms with van der Waals surface area (Å²) in [7, 11) is 0. The number of carboxylic acids is 1. The van der Waals surface area contributed by atoms with Crippen molar-refractivity contribution in [3.63, 3.8) is 0 Å². The zero-order valence-electron chi connectivity index (χ0n) is 18.0. The molecule has 8 nitrogen and oxygen atoms in total. The van der Waals surface area contributed by atoms with E-state index in [1.807, 2.05) is 18.3 Å². The number of nitrogens with zero attached hydrogens (tertiary/aromatic N) is 2. The number of rotatable bonds is 4. The summed E-state index contributed by atoms with van der Waals surface area (Å²) in [6.07, 6.45) is 4.31. The number of thioether (sulfide) groups is 1. The van der Waals surface area contributed by atoms with E-state index in [1.165, 1.54) is 11.3 Å². The van der Waals surface area contributed by atoms with Crippen molar-refractivity contribution >= 4 is 40.9 Å². The van der Waals surface area contributed by atoms with Crippen molar-refractivity contribution in [2.24, 2.45) is 35.5 Å². The minimum absolute atomic E-state index is 0.0196. The standard InChI is InChI=1S/C23H23N3O5S2/c1-8(2)16(22(29)30)26-20(27)14-10-6-11(15(14)21(26)28)17-13(10)12(9-4-3-5-24-7-9)18-19(32-17)25-23(31)33-18/h3-5,7-8,10-17H,6H2,1-2H3,(H,25,31)(H,29,30)/t10-,11-,12-,13+,14-,15+,16+,17-/m1/s1. The van der Waals surface area contributed by atoms with Crippen molar-refractivity contribution in [2.75, 3.05) is 0 Å². The molecule has 33 heavy (non-hydrogen) atoms. The van der Waals surface area contributed by atoms with Gasteiger partial charge in [0, 0.05) is 28.4 Å². The van der Waals surface area contributed by atoms with Gasteiger partial charge in [0.1, 0.15) is 6.04 Å². The highest BCUT2D eigenvalue weighted by Crippen LogP contribution is 2.68. The van der Waals surface area contributed by atoms with Crippen LogP contribution in [0.4, 0.5) is 0 Å². The lowest BCUT2D eigenvalue weighted by Crippen LogP contribution is -2.49. The third-order valence-electron chi connectivity index (χ3n) is 7.96. The van der Waals surface area contributed by atoms with E-state index >= 15 is 0 Å². The second-order valence-corrected chi connectivity index (χ2v) is 12.0. The van der Waals surface area contributed by atoms with Crippen LogP contribution in [0.2, 0.25) is 0 Å². The van der Waals surface area contributed by atoms with Crippen LogP contribution in [-0.4, -0.2) is 49.0 Å². The summed E-state index contributed by atoms with van der Waals surface area (Å²) < 4.78 is 0. The first kappa shape index (κ1) is 21.1. The summed E-state index contributed by atoms with van der Waals surface area (Å²) in [5, 5.41) is 10.7. The number of hydrogen-bond acceptors (Lipinski definition) is 7. The third kappa shape index (κ3) is 2.79. The minimum atomic E-state index is -1.14. The molecule has 2 aromatic heterocycles. The van der Waals surface area contributed by atoms with E-state index < -0.39 is 23.8 Å². The molecule has 2 N–H and O–H groups in total. The number of carbonyl (C=O) groups excluding carboxylic acids is 2. The first-order valence-electron chi connectivity index (χ1n) is 11.2. The molecule has 3 fully saturated rings. The molecule has 2 amide bonds. The molecule has 2 saturated carbocycles. The van der Waals surface area contributed by atoms with Crippen molar-refractivity contribution in [1.82, 2.24) is 14.9 Å². The lowest BCUT2D eigenvalue weighted by atomic mass is 9.68. The van der Waals surface area contributed by atoms with Crippen molar-refractivity contribution in [3.8, 4) is 0 Å². The fourth-order valence-corrected chi connectivity index (χ4v) is 9.83. The Labute approximate surface area is 197 Å². The number of aromatic amines is 1. The van der Waals surface area contributed by atoms with Gasteiger partial charge >= 0.3 is 10.8 Å². The summed E-state index contributed by atoms with van der Waals surface area (Å²) in [6, 6.07) is 2.75. The predicted octanol–water partition coefficient (Wildman–Crippen LogP) is 2.41. The number of hydrogen-bond donors (Lipinski definition) is 2. The van der Waals surface area contributed by atoms with Crippen LogP contribution in [-0.2, 0) is 14.4 Å². The van der Waals surface area contributed by atoms with E-state index in [2.05, 4.69) is 9.97 Å². The molecule has 4 aliphatic rings. The fourth-order valence-electron chi connectivity index (χ4n) is 6.94. The topological polar surface area (TPSA) is 120 Å². The van der Waals surface area contributed by atoms with Gasteiger partial charge in [-0.2, -0.15) is 0 Å². The number of fused-ring (bicyclic) bond motifs is 9. The Kier molecular flexibility index (Phi) is 4.65. The average Bonchev–Trinajstić information content (AvgIpc) is 3.49. The van der Waals surface area contributed by atoms with Crippen molar-refractivity contribution < 1.29 is 19.5 Å². The summed E-state index contributed by atoms with van der Waals surface area (Å²) >= 11 is 2.83. The van der Waals surface area contributed by atoms with Gasteiger partial charge in [-0.3, -0.25) is 24.3 Å². The molecule has 172 valence electrons. The van der Waals surface area contributed by atoms with E-state index in [0.29, 0.717) is 0 Å². The molecular weight excluding hydrogens is 462 g/mol. The number of imide groups is 1. The minimum Gasteiger partial charge on any atom is -0.480 e. The number of carbonyl (C=O) groups is 3. The molecular formula is C23H23N3O5S2. The van der Waals surface area contributed by atoms with Crippen molar-refractivity contribution in [2.45, 2.75) is 42.5 Å². The second kappa shape index (κ2) is 7.27. The van der Waals surface area contributed by atoms with Gasteiger partial charge in [0.15, 0.2) is 0 Å². The van der Waals surface area contributed by atoms with E-state index in [9.17, 15) is 24.3 Å². The second-order valence-electron chi connectivity index (χ2n) is 9.82. The van der Waals surface area contributed by atoms with Crippen LogP contribution in [0, 0.1) is 35.5 Å². The smallest absolute Gasteiger partial charge is 0.327 e. The number of amides is 2. The maximum atomic E-state index is 13.6. The van der Waals surface area contributed by atoms with E-state index in [4.69, 9.17) is 0 Å². The molecule has 2 aliphatic carbocycles. The Morgan fingerprint density at radius 3 is 2.58 bits per heavy atom. The van der Waals surface area contributed by atoms with Gasteiger partial charge in [0.05, 0.1) is 16.9 Å². The number of aliphatic carboxylic acids is 1. The quantitative estimate of drug-likeness (QED) is 0.638. The highest BCUT2D eigenvalue weighted by Gasteiger charge is 2.70. The SMILES string of the molecule is CC(C)[C@@H](C(=O)O)N1C(=O)[C@@H]2[C@@H]3C[C@@H]([C@H]4Sc5[nH]c(=O)sc5[C@H](c5cccnc5)[C@H]34)[C@@H]2C1=O. The van der Waals surface area contributed by atoms with Gasteiger partial charge in [0.2, 0.25) is 11.8 Å². The number of thiazole rings is 1. The molecule has 10 heteroatoms. The Morgan fingerprint density at radius 2 is 1.94 bits per heavy atom. The molecule has 2 aromatic rings. The lowest BCUT2D eigenvalue weighted by Gasteiger charge is -2.42. The molecule has 4 heterocycles. The molecule has 8 atom stereocenters. The van der Waals surface area contributed by atoms with Gasteiger partial charge in [-0.25, -0.2) is 4.79 Å². The third-order valence-corrected chi connectivity index (χ3v) is 10.6. The molecule has 0 radical (unpaired) electrons. The molecule has 0 spiro atoms. The Hall–Kier alpha value is -2.46. The van der Waals surface area contributed by atoms with Gasteiger partial charge in [-0.05, 0) is 41.7 Å². The van der Waals surface area contributed by atoms with E-state index in [1.54, 1.807) is 31.8 Å². The van der Waals surface area contributed by atoms with Crippen LogP contribution >= 0.6 is 23.1 Å². The first-order chi connectivity index (χ1) is 15.8. The fraction of sp³-hybridized carbons (Fsp3) is 0.522. The van der Waals surface area contributed by atoms with Gasteiger partial charge in [-0.15, -0.1) is 11.8 Å². The summed E-state index contributed by atoms with van der Waals surface area (Å²) in [5.41, 5.74) is 1.01. The number of pyridine rings is 1. The normalized spacial score (nSPS) is 35.0. The number of carboxylic acid groups (broad SMARTS) is 1. The monoisotopic (exact) mass is 485 g/mol. The van der Waals surface area contributed by atoms with Gasteiger partial charge < -0.3 is 10.1 Å². The maximum absolute atomic E-state index is 13.6. The molecule has 6 rings (SSSR count). The van der Waals surface area contributed by atoms with Gasteiger partial charge in [0.25, 0.3) is 0 Å². The average molecular weight is 486 g/mol. The number of likely N-dealkylation sites (tertiary alicyclic amines) is 1. The number of nitrogens with one attached hydrogen (secondary N) is 1. The molecule has 1 saturated heterocycles. The summed E-state index contributed by atoms with van der Waals surface area (Å²) in [4.78, 5) is 60.5. The van der Waals surface area contributed by atoms with Crippen LogP contribution in [0.5, 0.6) is 0 Å². The number of aromatic nitrogens is 2. The van der Waals surface area contributed by atoms with Crippen LogP contribution < -0.4 is 4.87 Å². The first-order valence-corrected chi connectivity index (χ1v) is 12.9. The predicted molar refractivity (Wildman–Crippen MR) is 121 cm³/mol. The summed E-state index contributed by atoms with van der Waals surface area (Å²) in [6.45, 7) is 3.45. The molecule has 2 bridgehead atoms. The highest BCUT2D eigenvalue weighted by atomic mass is 32.2. The zero-order valence-corrected chi connectivity index (χ0v) is 19.6. The highest BCUT2D eigenvalue weighted by molar-refractivity contribution is 8.00. The largest absolute Gasteiger partial charge is 0.480 e. The molecule has 0 aromatic carbocycles. The maximum Gasteiger partial charge on any atom is 0.327 e. The van der Waals surface area contributed by atoms with Crippen LogP contribution in [0.25, 0.3) is 0 Å². The van der Waals surface area contributed by atoms with E-state index in [-0.39, 0.29) is 51.5 Å². The van der Waals surface area contributed by atoms with E-state index in [0.717, 1.165) is 26.8 Å². The number of H-pyrrole nitrogens is 1. The lowest BCUT2D eigenvalue weighted by molar-refractivity contribution is -0.157.